The Morgan fingerprint density at radius 3 is 2.21 bits per heavy atom. The van der Waals surface area contributed by atoms with Crippen LogP contribution < -0.4 is 9.13 Å². The number of fused-ring (bicyclic) bond motifs is 8. The van der Waals surface area contributed by atoms with Crippen molar-refractivity contribution in [2.24, 2.45) is 0 Å². The highest BCUT2D eigenvalue weighted by Crippen LogP contribution is 2.54. The second kappa shape index (κ2) is 16.9. The minimum Gasteiger partial charge on any atom is -0.216 e. The molecule has 4 heterocycles. The molecule has 9 rings (SSSR count). The highest BCUT2D eigenvalue weighted by molar-refractivity contribution is 7.26. The number of aromatic nitrogens is 3. The highest BCUT2D eigenvalue weighted by Gasteiger charge is 2.58. The number of imidazole rings is 1. The number of benzene rings is 5. The van der Waals surface area contributed by atoms with E-state index in [9.17, 15) is 0 Å². The number of thiophene rings is 1. The van der Waals surface area contributed by atoms with Crippen molar-refractivity contribution in [2.75, 3.05) is 0 Å². The summed E-state index contributed by atoms with van der Waals surface area (Å²) in [7, 11) is 0. The Hall–Kier alpha value is -5.06. The van der Waals surface area contributed by atoms with Crippen molar-refractivity contribution < 1.29 is 9.13 Å². The number of pyridine rings is 1. The summed E-state index contributed by atoms with van der Waals surface area (Å²) in [5.41, 5.74) is 15.0. The summed E-state index contributed by atoms with van der Waals surface area (Å²) in [4.78, 5) is 0. The Balaban J connectivity index is 1.18. The third kappa shape index (κ3) is 6.57. The van der Waals surface area contributed by atoms with Gasteiger partial charge in [0, 0.05) is 55.3 Å². The molecule has 0 N–H and O–H groups in total. The van der Waals surface area contributed by atoms with Crippen LogP contribution in [0.1, 0.15) is 139 Å². The van der Waals surface area contributed by atoms with E-state index < -0.39 is 0 Å². The first-order chi connectivity index (χ1) is 30.1. The van der Waals surface area contributed by atoms with Crippen molar-refractivity contribution in [3.8, 4) is 28.3 Å². The van der Waals surface area contributed by atoms with Crippen molar-refractivity contribution >= 4 is 42.5 Å². The Kier molecular flexibility index (Phi) is 11.5. The topological polar surface area (TPSA) is 12.7 Å². The molecule has 62 heavy (non-hydrogen) atoms. The molecule has 4 heteroatoms. The second-order valence-corrected chi connectivity index (χ2v) is 20.0. The van der Waals surface area contributed by atoms with Gasteiger partial charge in [0.25, 0.3) is 5.82 Å². The number of aryl methyl sites for hydroxylation is 3. The average molecular weight is 838 g/mol. The van der Waals surface area contributed by atoms with Crippen LogP contribution in [0.4, 0.5) is 0 Å². The second-order valence-electron chi connectivity index (χ2n) is 19.0. The molecule has 0 aliphatic carbocycles. The zero-order chi connectivity index (χ0) is 43.3. The van der Waals surface area contributed by atoms with Gasteiger partial charge in [-0.05, 0) is 99.2 Å². The zero-order valence-corrected chi connectivity index (χ0v) is 39.6. The van der Waals surface area contributed by atoms with Crippen LogP contribution in [-0.2, 0) is 17.5 Å². The van der Waals surface area contributed by atoms with Gasteiger partial charge in [0.2, 0.25) is 5.69 Å². The molecule has 1 aliphatic heterocycles. The number of nitrogens with zero attached hydrogens (tertiary/aromatic N) is 3. The maximum atomic E-state index is 2.82. The SMILES string of the molecule is CCCCCC(C)c1cccc(C(C)C)c1-n1c2[n+](c3ccccc31)C(C)(CC)C(CC)(CCC[n+]1ccccc1-c1c(C)ccc3c1sc1c(C)cccc13)c1ccccc1-2. The molecule has 3 unspecified atom stereocenters. The molecule has 0 saturated carbocycles. The molecule has 3 atom stereocenters. The Labute approximate surface area is 375 Å². The van der Waals surface area contributed by atoms with Gasteiger partial charge in [-0.3, -0.25) is 0 Å². The van der Waals surface area contributed by atoms with Crippen LogP contribution in [0.3, 0.4) is 0 Å². The molecule has 5 aromatic carbocycles. The van der Waals surface area contributed by atoms with Gasteiger partial charge in [0.1, 0.15) is 17.8 Å². The third-order valence-electron chi connectivity index (χ3n) is 15.3. The molecule has 8 aromatic rings. The molecule has 0 spiro atoms. The summed E-state index contributed by atoms with van der Waals surface area (Å²) < 4.78 is 10.9. The van der Waals surface area contributed by atoms with Crippen LogP contribution in [-0.4, -0.2) is 4.57 Å². The number of rotatable bonds is 14. The molecule has 3 aromatic heterocycles. The van der Waals surface area contributed by atoms with E-state index in [4.69, 9.17) is 0 Å². The smallest absolute Gasteiger partial charge is 0.216 e. The third-order valence-corrected chi connectivity index (χ3v) is 16.6. The van der Waals surface area contributed by atoms with Gasteiger partial charge in [0.05, 0.1) is 11.1 Å². The lowest BCUT2D eigenvalue weighted by atomic mass is 9.58. The summed E-state index contributed by atoms with van der Waals surface area (Å²) in [6.45, 7) is 22.6. The maximum absolute atomic E-state index is 2.82. The van der Waals surface area contributed by atoms with E-state index in [2.05, 4.69) is 197 Å². The summed E-state index contributed by atoms with van der Waals surface area (Å²) in [5, 5.41) is 2.74. The number of hydrogen-bond donors (Lipinski definition) is 0. The fourth-order valence-electron chi connectivity index (χ4n) is 11.8. The minimum absolute atomic E-state index is 0.0900. The molecule has 318 valence electrons. The van der Waals surface area contributed by atoms with Crippen LogP contribution >= 0.6 is 11.3 Å². The van der Waals surface area contributed by atoms with E-state index in [1.807, 2.05) is 11.3 Å². The van der Waals surface area contributed by atoms with E-state index in [-0.39, 0.29) is 11.0 Å². The van der Waals surface area contributed by atoms with Crippen molar-refractivity contribution in [1.29, 1.82) is 0 Å². The van der Waals surface area contributed by atoms with E-state index in [0.717, 1.165) is 32.2 Å². The van der Waals surface area contributed by atoms with Gasteiger partial charge >= 0.3 is 0 Å². The van der Waals surface area contributed by atoms with Gasteiger partial charge in [-0.15, -0.1) is 11.3 Å². The van der Waals surface area contributed by atoms with Crippen LogP contribution in [0, 0.1) is 13.8 Å². The first-order valence-corrected chi connectivity index (χ1v) is 24.6. The largest absolute Gasteiger partial charge is 0.295 e. The lowest BCUT2D eigenvalue weighted by Crippen LogP contribution is -2.68. The molecule has 0 fully saturated rings. The Bertz CT molecular complexity index is 2930. The Morgan fingerprint density at radius 2 is 1.42 bits per heavy atom. The summed E-state index contributed by atoms with van der Waals surface area (Å²) in [6, 6.07) is 44.3. The maximum Gasteiger partial charge on any atom is 0.295 e. The van der Waals surface area contributed by atoms with Crippen molar-refractivity contribution in [2.45, 2.75) is 143 Å². The summed E-state index contributed by atoms with van der Waals surface area (Å²) in [5.74, 6) is 2.19. The molecular weight excluding hydrogens is 771 g/mol. The van der Waals surface area contributed by atoms with Gasteiger partial charge in [0.15, 0.2) is 17.2 Å². The van der Waals surface area contributed by atoms with Crippen LogP contribution in [0.5, 0.6) is 0 Å². The first kappa shape index (κ1) is 42.3. The van der Waals surface area contributed by atoms with Gasteiger partial charge in [-0.1, -0.05) is 140 Å². The highest BCUT2D eigenvalue weighted by atomic mass is 32.1. The molecule has 0 radical (unpaired) electrons. The van der Waals surface area contributed by atoms with Crippen LogP contribution in [0.15, 0.2) is 121 Å². The van der Waals surface area contributed by atoms with Crippen LogP contribution in [0.2, 0.25) is 0 Å². The average Bonchev–Trinajstić information content (AvgIpc) is 3.85. The van der Waals surface area contributed by atoms with E-state index >= 15 is 0 Å². The van der Waals surface area contributed by atoms with Crippen molar-refractivity contribution in [1.82, 2.24) is 4.57 Å². The quantitative estimate of drug-likeness (QED) is 0.0764. The molecule has 1 aliphatic rings. The zero-order valence-electron chi connectivity index (χ0n) is 38.8. The van der Waals surface area contributed by atoms with E-state index in [1.165, 1.54) is 113 Å². The normalized spacial score (nSPS) is 17.9. The minimum atomic E-state index is -0.183. The number of hydrogen-bond acceptors (Lipinski definition) is 1. The standard InChI is InChI=1S/C58H67N3S/c1-10-13-14-24-40(6)44-28-22-27-43(39(4)5)53(44)60-49-31-17-18-32-50(49)61-56(60)47-26-15-16-30-48(47)58(12-3,57(61,9)11-2)36-23-38-59-37-20-19-33-51(59)52-41(7)34-35-46-45-29-21-25-42(8)54(45)62-55(46)52/h15-22,25-35,37,39-40H,10-14,23-24,36,38H2,1-9H3/q+2. The molecule has 0 amide bonds. The molecule has 3 nitrogen and oxygen atoms in total. The monoisotopic (exact) mass is 838 g/mol. The lowest BCUT2D eigenvalue weighted by molar-refractivity contribution is -0.744. The predicted molar refractivity (Wildman–Crippen MR) is 265 cm³/mol. The lowest BCUT2D eigenvalue weighted by Gasteiger charge is -2.50. The number of para-hydroxylation sites is 3. The summed E-state index contributed by atoms with van der Waals surface area (Å²) >= 11 is 1.96. The fourth-order valence-corrected chi connectivity index (χ4v) is 13.2. The van der Waals surface area contributed by atoms with Gasteiger partial charge in [-0.25, -0.2) is 4.57 Å². The van der Waals surface area contributed by atoms with E-state index in [0.29, 0.717) is 11.8 Å². The number of unbranched alkanes of at least 4 members (excludes halogenated alkanes) is 2. The van der Waals surface area contributed by atoms with Gasteiger partial charge < -0.3 is 0 Å². The molecular formula is C58H67N3S+2. The molecule has 0 bridgehead atoms. The van der Waals surface area contributed by atoms with Crippen molar-refractivity contribution in [3.63, 3.8) is 0 Å². The first-order valence-electron chi connectivity index (χ1n) is 23.8. The van der Waals surface area contributed by atoms with Crippen LogP contribution in [0.25, 0.3) is 59.5 Å². The van der Waals surface area contributed by atoms with Gasteiger partial charge in [-0.2, -0.15) is 9.13 Å². The Morgan fingerprint density at radius 1 is 0.677 bits per heavy atom. The summed E-state index contributed by atoms with van der Waals surface area (Å²) in [6.07, 6.45) is 11.6. The van der Waals surface area contributed by atoms with Crippen molar-refractivity contribution in [3.05, 3.63) is 149 Å². The predicted octanol–water partition coefficient (Wildman–Crippen LogP) is 15.6. The molecule has 0 saturated heterocycles. The van der Waals surface area contributed by atoms with E-state index in [1.54, 1.807) is 0 Å². The fraction of sp³-hybridized carbons (Fsp3) is 0.379.